The van der Waals surface area contributed by atoms with Crippen LogP contribution in [-0.4, -0.2) is 10.7 Å². The van der Waals surface area contributed by atoms with Crippen molar-refractivity contribution in [1.82, 2.24) is 4.98 Å². The molecule has 1 aliphatic rings. The summed E-state index contributed by atoms with van der Waals surface area (Å²) in [4.78, 5) is 5.01. The number of thiazole rings is 1. The van der Waals surface area contributed by atoms with Crippen LogP contribution in [0, 0.1) is 13.8 Å². The van der Waals surface area contributed by atoms with E-state index in [2.05, 4.69) is 97.0 Å². The molecule has 0 spiro atoms. The highest BCUT2D eigenvalue weighted by Crippen LogP contribution is 2.39. The number of halogens is 1. The van der Waals surface area contributed by atoms with Gasteiger partial charge < -0.3 is 0 Å². The van der Waals surface area contributed by atoms with Gasteiger partial charge in [0, 0.05) is 17.4 Å². The maximum Gasteiger partial charge on any atom is 0.207 e. The van der Waals surface area contributed by atoms with Crippen LogP contribution in [0.4, 0.5) is 5.13 Å². The number of benzene rings is 3. The Morgan fingerprint density at radius 1 is 0.903 bits per heavy atom. The van der Waals surface area contributed by atoms with Crippen LogP contribution in [0.25, 0.3) is 11.3 Å². The lowest BCUT2D eigenvalue weighted by Crippen LogP contribution is -2.18. The first-order valence-electron chi connectivity index (χ1n) is 10.2. The third-order valence-electron chi connectivity index (χ3n) is 5.56. The minimum absolute atomic E-state index is 0. The van der Waals surface area contributed by atoms with Gasteiger partial charge >= 0.3 is 0 Å². The SMILES string of the molecule is Br.Cc1ccc(C)c(-c2csc(N3N=C(c4ccccc4)CC3c3ccccc3)n2)c1. The smallest absolute Gasteiger partial charge is 0.207 e. The Kier molecular flexibility index (Phi) is 6.35. The van der Waals surface area contributed by atoms with E-state index < -0.39 is 0 Å². The molecule has 1 atom stereocenters. The van der Waals surface area contributed by atoms with Crippen molar-refractivity contribution < 1.29 is 0 Å². The van der Waals surface area contributed by atoms with Gasteiger partial charge in [0.05, 0.1) is 17.4 Å². The van der Waals surface area contributed by atoms with Crippen molar-refractivity contribution >= 4 is 39.2 Å². The van der Waals surface area contributed by atoms with E-state index in [1.165, 1.54) is 27.8 Å². The van der Waals surface area contributed by atoms with Crippen molar-refractivity contribution in [3.05, 3.63) is 106 Å². The van der Waals surface area contributed by atoms with Crippen LogP contribution >= 0.6 is 28.3 Å². The van der Waals surface area contributed by atoms with Gasteiger partial charge in [-0.15, -0.1) is 28.3 Å². The molecular weight excluding hydrogens is 466 g/mol. The predicted molar refractivity (Wildman–Crippen MR) is 137 cm³/mol. The standard InChI is InChI=1S/C26H23N3S.BrH/c1-18-13-14-19(2)22(15-18)24-17-30-26(27-24)29-25(21-11-7-4-8-12-21)16-23(28-29)20-9-5-3-6-10-20;/h3-15,17,25H,16H2,1-2H3;1H. The van der Waals surface area contributed by atoms with Crippen LogP contribution in [0.2, 0.25) is 0 Å². The lowest BCUT2D eigenvalue weighted by molar-refractivity contribution is 0.706. The summed E-state index contributed by atoms with van der Waals surface area (Å²) < 4.78 is 0. The molecule has 3 aromatic carbocycles. The van der Waals surface area contributed by atoms with Gasteiger partial charge in [-0.05, 0) is 36.6 Å². The van der Waals surface area contributed by atoms with Gasteiger partial charge in [-0.3, -0.25) is 0 Å². The van der Waals surface area contributed by atoms with E-state index in [0.29, 0.717) is 0 Å². The van der Waals surface area contributed by atoms with Gasteiger partial charge in [0.1, 0.15) is 0 Å². The molecule has 31 heavy (non-hydrogen) atoms. The summed E-state index contributed by atoms with van der Waals surface area (Å²) in [5.41, 5.74) is 8.24. The number of aromatic nitrogens is 1. The van der Waals surface area contributed by atoms with Crippen LogP contribution < -0.4 is 5.01 Å². The second-order valence-corrected chi connectivity index (χ2v) is 8.56. The first-order valence-corrected chi connectivity index (χ1v) is 11.1. The van der Waals surface area contributed by atoms with E-state index in [4.69, 9.17) is 10.1 Å². The molecule has 0 amide bonds. The Morgan fingerprint density at radius 3 is 2.35 bits per heavy atom. The molecule has 156 valence electrons. The number of hydrogen-bond acceptors (Lipinski definition) is 4. The molecule has 0 N–H and O–H groups in total. The highest BCUT2D eigenvalue weighted by Gasteiger charge is 2.31. The highest BCUT2D eigenvalue weighted by molar-refractivity contribution is 8.93. The molecule has 0 bridgehead atoms. The molecule has 4 aromatic rings. The summed E-state index contributed by atoms with van der Waals surface area (Å²) in [5.74, 6) is 0. The van der Waals surface area contributed by atoms with E-state index >= 15 is 0 Å². The van der Waals surface area contributed by atoms with Gasteiger partial charge in [-0.2, -0.15) is 5.10 Å². The molecule has 0 aliphatic carbocycles. The van der Waals surface area contributed by atoms with E-state index in [1.807, 2.05) is 6.07 Å². The Hall–Kier alpha value is -2.76. The van der Waals surface area contributed by atoms with Crippen LogP contribution in [0.3, 0.4) is 0 Å². The quantitative estimate of drug-likeness (QED) is 0.299. The number of hydrogen-bond donors (Lipinski definition) is 0. The molecule has 3 nitrogen and oxygen atoms in total. The zero-order chi connectivity index (χ0) is 20.5. The average Bonchev–Trinajstić information content (AvgIpc) is 3.44. The molecular formula is C26H24BrN3S. The molecule has 2 heterocycles. The molecule has 5 heteroatoms. The summed E-state index contributed by atoms with van der Waals surface area (Å²) in [6.07, 6.45) is 0.867. The third kappa shape index (κ3) is 4.34. The first kappa shape index (κ1) is 21.5. The number of rotatable bonds is 4. The lowest BCUT2D eigenvalue weighted by atomic mass is 9.99. The van der Waals surface area contributed by atoms with Gasteiger partial charge in [0.25, 0.3) is 0 Å². The topological polar surface area (TPSA) is 28.5 Å². The minimum Gasteiger partial charge on any atom is -0.231 e. The van der Waals surface area contributed by atoms with Crippen LogP contribution in [0.15, 0.2) is 89.3 Å². The summed E-state index contributed by atoms with van der Waals surface area (Å²) in [6, 6.07) is 27.7. The van der Waals surface area contributed by atoms with Gasteiger partial charge in [-0.25, -0.2) is 9.99 Å². The Labute approximate surface area is 197 Å². The normalized spacial score (nSPS) is 15.5. The number of hydrazone groups is 1. The van der Waals surface area contributed by atoms with E-state index in [9.17, 15) is 0 Å². The summed E-state index contributed by atoms with van der Waals surface area (Å²) in [6.45, 7) is 4.26. The average molecular weight is 490 g/mol. The molecule has 0 saturated heterocycles. The highest BCUT2D eigenvalue weighted by atomic mass is 79.9. The fourth-order valence-corrected chi connectivity index (χ4v) is 4.76. The molecule has 1 aromatic heterocycles. The van der Waals surface area contributed by atoms with E-state index in [1.54, 1.807) is 11.3 Å². The fraction of sp³-hybridized carbons (Fsp3) is 0.154. The summed E-state index contributed by atoms with van der Waals surface area (Å²) in [7, 11) is 0. The molecule has 0 fully saturated rings. The van der Waals surface area contributed by atoms with E-state index in [0.717, 1.165) is 23.0 Å². The van der Waals surface area contributed by atoms with Crippen molar-refractivity contribution in [1.29, 1.82) is 0 Å². The van der Waals surface area contributed by atoms with Crippen molar-refractivity contribution in [3.8, 4) is 11.3 Å². The largest absolute Gasteiger partial charge is 0.231 e. The van der Waals surface area contributed by atoms with Crippen molar-refractivity contribution in [2.45, 2.75) is 26.3 Å². The number of nitrogens with zero attached hydrogens (tertiary/aromatic N) is 3. The van der Waals surface area contributed by atoms with E-state index in [-0.39, 0.29) is 23.0 Å². The lowest BCUT2D eigenvalue weighted by Gasteiger charge is -2.21. The zero-order valence-electron chi connectivity index (χ0n) is 17.5. The Bertz CT molecular complexity index is 1200. The van der Waals surface area contributed by atoms with Crippen molar-refractivity contribution in [3.63, 3.8) is 0 Å². The molecule has 0 saturated carbocycles. The van der Waals surface area contributed by atoms with Crippen LogP contribution in [-0.2, 0) is 0 Å². The predicted octanol–water partition coefficient (Wildman–Crippen LogP) is 7.36. The maximum absolute atomic E-state index is 5.03. The monoisotopic (exact) mass is 489 g/mol. The molecule has 5 rings (SSSR count). The molecule has 1 aliphatic heterocycles. The van der Waals surface area contributed by atoms with Gasteiger partial charge in [0.2, 0.25) is 5.13 Å². The number of anilines is 1. The molecule has 1 unspecified atom stereocenters. The van der Waals surface area contributed by atoms with Crippen LogP contribution in [0.5, 0.6) is 0 Å². The molecule has 0 radical (unpaired) electrons. The third-order valence-corrected chi connectivity index (χ3v) is 6.39. The minimum atomic E-state index is 0. The Balaban J connectivity index is 0.00000231. The maximum atomic E-state index is 5.03. The summed E-state index contributed by atoms with van der Waals surface area (Å²) in [5, 5.41) is 10.2. The van der Waals surface area contributed by atoms with Gasteiger partial charge in [0.15, 0.2) is 0 Å². The first-order chi connectivity index (χ1) is 14.7. The van der Waals surface area contributed by atoms with Crippen molar-refractivity contribution in [2.24, 2.45) is 5.10 Å². The van der Waals surface area contributed by atoms with Crippen molar-refractivity contribution in [2.75, 3.05) is 5.01 Å². The second-order valence-electron chi connectivity index (χ2n) is 7.72. The fourth-order valence-electron chi connectivity index (χ4n) is 3.93. The number of aryl methyl sites for hydroxylation is 2. The summed E-state index contributed by atoms with van der Waals surface area (Å²) >= 11 is 1.66. The van der Waals surface area contributed by atoms with Crippen LogP contribution in [0.1, 0.15) is 34.7 Å². The zero-order valence-corrected chi connectivity index (χ0v) is 20.1. The van der Waals surface area contributed by atoms with Gasteiger partial charge in [-0.1, -0.05) is 78.4 Å². The Morgan fingerprint density at radius 2 is 1.61 bits per heavy atom. The second kappa shape index (κ2) is 9.16.